The van der Waals surface area contributed by atoms with Gasteiger partial charge in [-0.1, -0.05) is 12.1 Å². The van der Waals surface area contributed by atoms with Gasteiger partial charge in [0.25, 0.3) is 0 Å². The second kappa shape index (κ2) is 10.1. The molecule has 0 saturated carbocycles. The molecule has 0 radical (unpaired) electrons. The smallest absolute Gasteiger partial charge is 0.340 e. The summed E-state index contributed by atoms with van der Waals surface area (Å²) >= 11 is 1.33. The van der Waals surface area contributed by atoms with E-state index in [0.29, 0.717) is 54.5 Å². The highest BCUT2D eigenvalue weighted by Crippen LogP contribution is 2.26. The molecule has 1 fully saturated rings. The molecule has 10 heteroatoms. The molecule has 3 rings (SSSR count). The molecule has 160 valence electrons. The van der Waals surface area contributed by atoms with Gasteiger partial charge < -0.3 is 31.0 Å². The Morgan fingerprint density at radius 2 is 1.83 bits per heavy atom. The fraction of sp³-hybridized carbons (Fsp3) is 0.350. The average Bonchev–Trinajstić information content (AvgIpc) is 3.25. The predicted octanol–water partition coefficient (Wildman–Crippen LogP) is 3.19. The van der Waals surface area contributed by atoms with E-state index in [1.165, 1.54) is 18.4 Å². The lowest BCUT2D eigenvalue weighted by atomic mass is 9.96. The van der Waals surface area contributed by atoms with E-state index < -0.39 is 5.97 Å². The molecule has 1 saturated heterocycles. The molecule has 2 heterocycles. The van der Waals surface area contributed by atoms with Crippen LogP contribution < -0.4 is 16.1 Å². The molecule has 2 aromatic rings. The minimum Gasteiger partial charge on any atom is -0.761 e. The third-order valence-electron chi connectivity index (χ3n) is 4.99. The molecule has 30 heavy (non-hydrogen) atoms. The number of ether oxygens (including phenoxy) is 1. The zero-order valence-corrected chi connectivity index (χ0v) is 17.6. The van der Waals surface area contributed by atoms with Crippen molar-refractivity contribution in [2.75, 3.05) is 43.4 Å². The van der Waals surface area contributed by atoms with Crippen LogP contribution in [0.3, 0.4) is 0 Å². The lowest BCUT2D eigenvalue weighted by molar-refractivity contribution is -0.120. The summed E-state index contributed by atoms with van der Waals surface area (Å²) in [5.41, 5.74) is 3.84. The van der Waals surface area contributed by atoms with E-state index >= 15 is 0 Å². The van der Waals surface area contributed by atoms with Crippen LogP contribution in [0.25, 0.3) is 0 Å². The van der Waals surface area contributed by atoms with Crippen LogP contribution in [-0.4, -0.2) is 50.0 Å². The van der Waals surface area contributed by atoms with Gasteiger partial charge in [-0.05, 0) is 25.0 Å². The quantitative estimate of drug-likeness (QED) is 0.288. The van der Waals surface area contributed by atoms with Crippen LogP contribution in [0.5, 0.6) is 0 Å². The number of carbonyl (C=O) groups is 2. The zero-order chi connectivity index (χ0) is 21.5. The van der Waals surface area contributed by atoms with Gasteiger partial charge in [0.2, 0.25) is 5.91 Å². The van der Waals surface area contributed by atoms with Crippen molar-refractivity contribution in [1.29, 1.82) is 0 Å². The maximum Gasteiger partial charge on any atom is 0.340 e. The molecule has 1 aliphatic rings. The van der Waals surface area contributed by atoms with Crippen LogP contribution in [0.4, 0.5) is 17.1 Å². The molecule has 1 amide bonds. The number of guanidine groups is 1. The number of rotatable bonds is 5. The number of amides is 1. The van der Waals surface area contributed by atoms with Gasteiger partial charge in [-0.15, -0.1) is 11.3 Å². The summed E-state index contributed by atoms with van der Waals surface area (Å²) in [5.74, 6) is -0.103. The topological polar surface area (TPSA) is 118 Å². The van der Waals surface area contributed by atoms with E-state index in [2.05, 4.69) is 20.5 Å². The van der Waals surface area contributed by atoms with Gasteiger partial charge in [0.15, 0.2) is 5.96 Å². The maximum absolute atomic E-state index is 12.7. The average molecular weight is 431 g/mol. The Morgan fingerprint density at radius 3 is 2.47 bits per heavy atom. The van der Waals surface area contributed by atoms with Gasteiger partial charge in [0.05, 0.1) is 24.0 Å². The van der Waals surface area contributed by atoms with Gasteiger partial charge in [-0.25, -0.2) is 4.79 Å². The first-order valence-corrected chi connectivity index (χ1v) is 10.4. The number of esters is 1. The molecule has 9 nitrogen and oxygen atoms in total. The van der Waals surface area contributed by atoms with Crippen molar-refractivity contribution >= 4 is 46.2 Å². The molecule has 1 aromatic heterocycles. The first kappa shape index (κ1) is 21.6. The van der Waals surface area contributed by atoms with Gasteiger partial charge in [-0.3, -0.25) is 9.79 Å². The highest BCUT2D eigenvalue weighted by Gasteiger charge is 2.28. The Balaban J connectivity index is 1.58. The van der Waals surface area contributed by atoms with Crippen LogP contribution in [0.15, 0.2) is 40.0 Å². The van der Waals surface area contributed by atoms with Crippen molar-refractivity contribution in [2.45, 2.75) is 12.8 Å². The number of benzene rings is 1. The summed E-state index contributed by atoms with van der Waals surface area (Å²) in [5, 5.41) is 20.5. The number of hydrogen-bond donors (Lipinski definition) is 3. The van der Waals surface area contributed by atoms with Crippen LogP contribution in [0.2, 0.25) is 0 Å². The lowest BCUT2D eigenvalue weighted by Crippen LogP contribution is -2.44. The van der Waals surface area contributed by atoms with E-state index in [4.69, 9.17) is 4.74 Å². The van der Waals surface area contributed by atoms with Crippen molar-refractivity contribution in [3.8, 4) is 0 Å². The van der Waals surface area contributed by atoms with E-state index in [1.54, 1.807) is 36.0 Å². The van der Waals surface area contributed by atoms with Crippen molar-refractivity contribution in [1.82, 2.24) is 4.90 Å². The number of carbonyl (C=O) groups excluding carboxylic acids is 2. The van der Waals surface area contributed by atoms with E-state index in [9.17, 15) is 14.8 Å². The number of methoxy groups -OCH3 is 1. The molecular formula is C20H24N5O4S-. The number of likely N-dealkylation sites (tertiary alicyclic amines) is 1. The predicted molar refractivity (Wildman–Crippen MR) is 119 cm³/mol. The Bertz CT molecular complexity index is 921. The van der Waals surface area contributed by atoms with Gasteiger partial charge in [-0.2, -0.15) is 0 Å². The number of hydrogen-bond acceptors (Lipinski definition) is 7. The van der Waals surface area contributed by atoms with Crippen LogP contribution in [-0.2, 0) is 9.53 Å². The van der Waals surface area contributed by atoms with Crippen LogP contribution >= 0.6 is 11.3 Å². The molecule has 0 spiro atoms. The van der Waals surface area contributed by atoms with E-state index in [1.807, 2.05) is 11.5 Å². The number of anilines is 3. The second-order valence-electron chi connectivity index (χ2n) is 6.76. The van der Waals surface area contributed by atoms with Crippen LogP contribution in [0.1, 0.15) is 23.2 Å². The van der Waals surface area contributed by atoms with Crippen molar-refractivity contribution < 1.29 is 14.3 Å². The largest absolute Gasteiger partial charge is 0.761 e. The second-order valence-corrected chi connectivity index (χ2v) is 7.50. The summed E-state index contributed by atoms with van der Waals surface area (Å²) in [6.07, 6.45) is 1.29. The lowest BCUT2D eigenvalue weighted by Gasteiger charge is -2.34. The number of para-hydroxylation sites is 2. The highest BCUT2D eigenvalue weighted by atomic mass is 32.1. The standard InChI is InChI=1S/C20H24N5O4S/c1-21-20(23-15-5-3-4-6-16(15)24-28)25-9-7-13(8-10-25)18(26)22-17-12-30-11-14(17)19(27)29-2/h3-6,11-13,24H,7-10H2,1-2H3,(H,21,23)(H,22,26)/q-1. The number of nitrogens with zero attached hydrogens (tertiary/aromatic N) is 2. The fourth-order valence-electron chi connectivity index (χ4n) is 3.33. The molecular weight excluding hydrogens is 406 g/mol. The molecule has 3 N–H and O–H groups in total. The minimum atomic E-state index is -0.468. The third kappa shape index (κ3) is 4.89. The van der Waals surface area contributed by atoms with E-state index in [0.717, 1.165) is 0 Å². The SMILES string of the molecule is CN=C(Nc1ccccc1N[O-])N1CCC(C(=O)Nc2cscc2C(=O)OC)CC1. The molecule has 0 unspecified atom stereocenters. The normalized spacial score (nSPS) is 14.9. The molecule has 0 aliphatic carbocycles. The molecule has 0 atom stereocenters. The third-order valence-corrected chi connectivity index (χ3v) is 5.73. The summed E-state index contributed by atoms with van der Waals surface area (Å²) in [7, 11) is 2.99. The molecule has 0 bridgehead atoms. The number of nitrogens with one attached hydrogen (secondary N) is 3. The van der Waals surface area contributed by atoms with Crippen molar-refractivity contribution in [3.63, 3.8) is 0 Å². The Hall–Kier alpha value is -3.11. The summed E-state index contributed by atoms with van der Waals surface area (Å²) in [6.45, 7) is 1.27. The summed E-state index contributed by atoms with van der Waals surface area (Å²) in [4.78, 5) is 30.8. The fourth-order valence-corrected chi connectivity index (χ4v) is 4.08. The van der Waals surface area contributed by atoms with E-state index in [-0.39, 0.29) is 11.8 Å². The first-order valence-electron chi connectivity index (χ1n) is 9.48. The molecule has 1 aromatic carbocycles. The monoisotopic (exact) mass is 430 g/mol. The van der Waals surface area contributed by atoms with Gasteiger partial charge >= 0.3 is 5.97 Å². The Labute approximate surface area is 178 Å². The number of piperidine rings is 1. The zero-order valence-electron chi connectivity index (χ0n) is 16.8. The van der Waals surface area contributed by atoms with Gasteiger partial charge in [0.1, 0.15) is 0 Å². The molecule has 1 aliphatic heterocycles. The first-order chi connectivity index (χ1) is 14.6. The Kier molecular flexibility index (Phi) is 7.26. The number of thiophene rings is 1. The number of aliphatic imine (C=N–C) groups is 1. The van der Waals surface area contributed by atoms with Gasteiger partial charge in [0, 0.05) is 42.5 Å². The van der Waals surface area contributed by atoms with Crippen molar-refractivity contribution in [3.05, 3.63) is 45.8 Å². The summed E-state index contributed by atoms with van der Waals surface area (Å²) in [6, 6.07) is 7.09. The Morgan fingerprint density at radius 1 is 1.13 bits per heavy atom. The minimum absolute atomic E-state index is 0.109. The highest BCUT2D eigenvalue weighted by molar-refractivity contribution is 7.08. The van der Waals surface area contributed by atoms with Crippen molar-refractivity contribution in [2.24, 2.45) is 10.9 Å². The summed E-state index contributed by atoms with van der Waals surface area (Å²) < 4.78 is 4.75. The maximum atomic E-state index is 12.7. The van der Waals surface area contributed by atoms with Crippen LogP contribution in [0, 0.1) is 11.1 Å².